The third-order valence-corrected chi connectivity index (χ3v) is 4.92. The maximum atomic E-state index is 9.10. The van der Waals surface area contributed by atoms with E-state index in [4.69, 9.17) is 6.11 Å². The molecule has 3 nitrogen and oxygen atoms in total. The summed E-state index contributed by atoms with van der Waals surface area (Å²) in [6.45, 7) is 3.29. The van der Waals surface area contributed by atoms with Gasteiger partial charge < -0.3 is 4.74 Å². The normalized spacial score (nSPS) is 35.2. The Balaban J connectivity index is 1.75. The Hall–Kier alpha value is -1.06. The first-order valence-corrected chi connectivity index (χ1v) is 7.40. The number of hydrogen-bond acceptors (Lipinski definition) is 3. The molecule has 3 aliphatic heterocycles. The molecule has 2 saturated heterocycles. The minimum Gasteiger partial charge on any atom is -0.497 e. The summed E-state index contributed by atoms with van der Waals surface area (Å²) in [6, 6.07) is 5.74. The Morgan fingerprint density at radius 3 is 3.11 bits per heavy atom. The first kappa shape index (κ1) is 10.7. The van der Waals surface area contributed by atoms with Crippen LogP contribution in [0.4, 0.5) is 0 Å². The number of rotatable bonds is 1. The van der Waals surface area contributed by atoms with Gasteiger partial charge in [0.25, 0.3) is 0 Å². The second kappa shape index (κ2) is 4.50. The van der Waals surface area contributed by atoms with Crippen molar-refractivity contribution in [2.24, 2.45) is 0 Å². The average Bonchev–Trinajstić information content (AvgIpc) is 2.94. The largest absolute Gasteiger partial charge is 0.497 e. The zero-order chi connectivity index (χ0) is 13.7. The van der Waals surface area contributed by atoms with E-state index < -0.39 is 6.02 Å². The van der Waals surface area contributed by atoms with E-state index in [-0.39, 0.29) is 0 Å². The van der Waals surface area contributed by atoms with Crippen molar-refractivity contribution in [1.29, 1.82) is 0 Å². The molecule has 19 heavy (non-hydrogen) atoms. The molecule has 0 N–H and O–H groups in total. The van der Waals surface area contributed by atoms with E-state index in [1.807, 2.05) is 6.07 Å². The highest BCUT2D eigenvalue weighted by Crippen LogP contribution is 2.41. The van der Waals surface area contributed by atoms with E-state index in [1.54, 1.807) is 7.11 Å². The molecule has 3 aliphatic rings. The smallest absolute Gasteiger partial charge is 0.119 e. The summed E-state index contributed by atoms with van der Waals surface area (Å²) in [6.07, 6.45) is 4.97. The quantitative estimate of drug-likeness (QED) is 0.770. The van der Waals surface area contributed by atoms with Crippen molar-refractivity contribution >= 4 is 0 Å². The van der Waals surface area contributed by atoms with Gasteiger partial charge >= 0.3 is 0 Å². The summed E-state index contributed by atoms with van der Waals surface area (Å²) >= 11 is 0. The molecule has 3 heteroatoms. The lowest BCUT2D eigenvalue weighted by atomic mass is 9.88. The van der Waals surface area contributed by atoms with Crippen LogP contribution in [-0.4, -0.2) is 42.7 Å². The Kier molecular flexibility index (Phi) is 2.53. The van der Waals surface area contributed by atoms with Crippen LogP contribution in [-0.2, 0) is 6.42 Å². The van der Waals surface area contributed by atoms with Crippen LogP contribution in [0.15, 0.2) is 18.2 Å². The zero-order valence-electron chi connectivity index (χ0n) is 12.6. The minimum absolute atomic E-state index is 0.497. The topological polar surface area (TPSA) is 15.7 Å². The molecule has 2 unspecified atom stereocenters. The van der Waals surface area contributed by atoms with Crippen LogP contribution in [0, 0.1) is 0 Å². The number of nitrogens with zero attached hydrogens (tertiary/aromatic N) is 2. The van der Waals surface area contributed by atoms with Crippen molar-refractivity contribution in [2.75, 3.05) is 26.7 Å². The first-order valence-electron chi connectivity index (χ1n) is 7.90. The highest BCUT2D eigenvalue weighted by atomic mass is 16.5. The van der Waals surface area contributed by atoms with Gasteiger partial charge in [-0.1, -0.05) is 6.07 Å². The summed E-state index contributed by atoms with van der Waals surface area (Å²) in [4.78, 5) is 5.01. The molecule has 2 fully saturated rings. The van der Waals surface area contributed by atoms with Gasteiger partial charge in [0.15, 0.2) is 0 Å². The SMILES string of the molecule is [2H]C12CCN3CCCC3N1CCc1cc(OC)ccc12. The molecule has 0 bridgehead atoms. The summed E-state index contributed by atoms with van der Waals surface area (Å²) < 4.78 is 14.4. The van der Waals surface area contributed by atoms with Gasteiger partial charge in [-0.2, -0.15) is 0 Å². The van der Waals surface area contributed by atoms with Crippen LogP contribution in [0.1, 0.15) is 37.8 Å². The Morgan fingerprint density at radius 1 is 1.26 bits per heavy atom. The van der Waals surface area contributed by atoms with Crippen molar-refractivity contribution in [2.45, 2.75) is 37.9 Å². The van der Waals surface area contributed by atoms with E-state index in [2.05, 4.69) is 21.9 Å². The fraction of sp³-hybridized carbons (Fsp3) is 0.625. The average molecular weight is 259 g/mol. The van der Waals surface area contributed by atoms with Gasteiger partial charge in [0.2, 0.25) is 0 Å². The predicted octanol–water partition coefficient (Wildman–Crippen LogP) is 2.42. The molecule has 0 aliphatic carbocycles. The van der Waals surface area contributed by atoms with Crippen molar-refractivity contribution < 1.29 is 6.11 Å². The molecular formula is C16H22N2O. The number of methoxy groups -OCH3 is 1. The Labute approximate surface area is 116 Å². The van der Waals surface area contributed by atoms with E-state index in [0.717, 1.165) is 31.7 Å². The Bertz CT molecular complexity index is 535. The van der Waals surface area contributed by atoms with Crippen LogP contribution in [0.3, 0.4) is 0 Å². The molecule has 102 valence electrons. The van der Waals surface area contributed by atoms with Crippen LogP contribution < -0.4 is 4.74 Å². The highest BCUT2D eigenvalue weighted by Gasteiger charge is 2.40. The molecule has 0 amide bonds. The van der Waals surface area contributed by atoms with Crippen molar-refractivity contribution in [3.05, 3.63) is 29.3 Å². The fourth-order valence-electron chi connectivity index (χ4n) is 4.00. The maximum Gasteiger partial charge on any atom is 0.119 e. The molecule has 0 aromatic heterocycles. The van der Waals surface area contributed by atoms with Crippen molar-refractivity contribution in [3.63, 3.8) is 0 Å². The molecule has 1 aromatic rings. The molecule has 0 radical (unpaired) electrons. The lowest BCUT2D eigenvalue weighted by Crippen LogP contribution is -2.53. The van der Waals surface area contributed by atoms with Gasteiger partial charge in [0.1, 0.15) is 5.75 Å². The van der Waals surface area contributed by atoms with Gasteiger partial charge in [0, 0.05) is 19.1 Å². The van der Waals surface area contributed by atoms with Gasteiger partial charge in [-0.25, -0.2) is 0 Å². The summed E-state index contributed by atoms with van der Waals surface area (Å²) in [5.41, 5.74) is 2.51. The molecule has 3 heterocycles. The van der Waals surface area contributed by atoms with E-state index >= 15 is 0 Å². The standard InChI is InChI=1S/C16H22N2O/c1-19-13-4-5-14-12(11-13)6-10-18-15(14)7-9-17-8-2-3-16(17)18/h4-5,11,15-16H,2-3,6-10H2,1H3/i15D. The van der Waals surface area contributed by atoms with Crippen molar-refractivity contribution in [3.8, 4) is 5.75 Å². The second-order valence-corrected chi connectivity index (χ2v) is 5.82. The number of benzene rings is 1. The molecule has 0 saturated carbocycles. The molecular weight excluding hydrogens is 236 g/mol. The lowest BCUT2D eigenvalue weighted by molar-refractivity contribution is -0.0150. The van der Waals surface area contributed by atoms with Gasteiger partial charge in [0.05, 0.1) is 14.6 Å². The lowest BCUT2D eigenvalue weighted by Gasteiger charge is -2.48. The fourth-order valence-corrected chi connectivity index (χ4v) is 4.00. The van der Waals surface area contributed by atoms with Gasteiger partial charge in [-0.05, 0) is 55.5 Å². The number of ether oxygens (including phenoxy) is 1. The molecule has 0 spiro atoms. The van der Waals surface area contributed by atoms with Gasteiger partial charge in [-0.3, -0.25) is 9.80 Å². The third kappa shape index (κ3) is 1.79. The van der Waals surface area contributed by atoms with Crippen LogP contribution >= 0.6 is 0 Å². The third-order valence-electron chi connectivity index (χ3n) is 4.92. The van der Waals surface area contributed by atoms with E-state index in [0.29, 0.717) is 6.17 Å². The van der Waals surface area contributed by atoms with Gasteiger partial charge in [-0.15, -0.1) is 0 Å². The molecule has 4 rings (SSSR count). The highest BCUT2D eigenvalue weighted by molar-refractivity contribution is 5.39. The van der Waals surface area contributed by atoms with E-state index in [1.165, 1.54) is 30.5 Å². The maximum absolute atomic E-state index is 9.10. The Morgan fingerprint density at radius 2 is 2.21 bits per heavy atom. The monoisotopic (exact) mass is 259 g/mol. The van der Waals surface area contributed by atoms with Crippen LogP contribution in [0.2, 0.25) is 0 Å². The minimum atomic E-state index is -0.522. The summed E-state index contributed by atoms with van der Waals surface area (Å²) in [5, 5.41) is 0. The first-order chi connectivity index (χ1) is 9.72. The van der Waals surface area contributed by atoms with Crippen LogP contribution in [0.25, 0.3) is 0 Å². The number of fused-ring (bicyclic) bond motifs is 5. The second-order valence-electron chi connectivity index (χ2n) is 5.82. The summed E-state index contributed by atoms with van der Waals surface area (Å²) in [5.74, 6) is 0.916. The molecule has 2 atom stereocenters. The van der Waals surface area contributed by atoms with E-state index in [9.17, 15) is 0 Å². The van der Waals surface area contributed by atoms with Crippen molar-refractivity contribution in [1.82, 2.24) is 9.80 Å². The zero-order valence-corrected chi connectivity index (χ0v) is 11.6. The van der Waals surface area contributed by atoms with Crippen LogP contribution in [0.5, 0.6) is 5.75 Å². The number of hydrogen-bond donors (Lipinski definition) is 0. The summed E-state index contributed by atoms with van der Waals surface area (Å²) in [7, 11) is 1.71. The molecule has 1 aromatic carbocycles. The predicted molar refractivity (Wildman–Crippen MR) is 75.4 cm³/mol.